The number of benzene rings is 1. The second-order valence-corrected chi connectivity index (χ2v) is 6.21. The van der Waals surface area contributed by atoms with Crippen LogP contribution >= 0.6 is 0 Å². The molecule has 0 aliphatic heterocycles. The third-order valence-electron chi connectivity index (χ3n) is 3.69. The lowest BCUT2D eigenvalue weighted by Gasteiger charge is -2.19. The topological polar surface area (TPSA) is 115 Å². The fourth-order valence-corrected chi connectivity index (χ4v) is 1.92. The van der Waals surface area contributed by atoms with Crippen LogP contribution in [-0.2, 0) is 16.0 Å². The highest BCUT2D eigenvalue weighted by molar-refractivity contribution is 5.78. The monoisotopic (exact) mass is 347 g/mol. The van der Waals surface area contributed by atoms with Gasteiger partial charge in [-0.2, -0.15) is 4.98 Å². The average Bonchev–Trinajstić information content (AvgIpc) is 3.07. The summed E-state index contributed by atoms with van der Waals surface area (Å²) in [6.07, 6.45) is 0.419. The summed E-state index contributed by atoms with van der Waals surface area (Å²) in [4.78, 5) is 27.1. The van der Waals surface area contributed by atoms with E-state index in [0.29, 0.717) is 11.7 Å². The lowest BCUT2D eigenvalue weighted by Crippen LogP contribution is -2.38. The Morgan fingerprint density at radius 2 is 1.96 bits per heavy atom. The van der Waals surface area contributed by atoms with Gasteiger partial charge in [0.15, 0.2) is 0 Å². The van der Waals surface area contributed by atoms with Crippen LogP contribution in [0.5, 0.6) is 5.75 Å². The van der Waals surface area contributed by atoms with Gasteiger partial charge in [0, 0.05) is 24.9 Å². The fraction of sp³-hybridized carbons (Fsp3) is 0.412. The molecule has 25 heavy (non-hydrogen) atoms. The van der Waals surface area contributed by atoms with Gasteiger partial charge in [-0.3, -0.25) is 9.59 Å². The van der Waals surface area contributed by atoms with Crippen molar-refractivity contribution in [2.24, 2.45) is 5.41 Å². The Morgan fingerprint density at radius 1 is 1.28 bits per heavy atom. The maximum atomic E-state index is 11.8. The number of carbonyl (C=O) groups excluding carboxylic acids is 1. The molecule has 2 N–H and O–H groups in total. The van der Waals surface area contributed by atoms with Crippen molar-refractivity contribution < 1.29 is 24.0 Å². The first kappa shape index (κ1) is 18.4. The molecule has 2 rings (SSSR count). The number of nitrogens with zero attached hydrogens (tertiary/aromatic N) is 2. The Bertz CT molecular complexity index is 737. The molecule has 1 heterocycles. The number of carboxylic acid groups (broad SMARTS) is 1. The zero-order valence-electron chi connectivity index (χ0n) is 14.4. The van der Waals surface area contributed by atoms with Crippen LogP contribution in [0.4, 0.5) is 0 Å². The van der Waals surface area contributed by atoms with Crippen molar-refractivity contribution in [3.63, 3.8) is 0 Å². The largest absolute Gasteiger partial charge is 0.497 e. The minimum atomic E-state index is -1.01. The lowest BCUT2D eigenvalue weighted by atomic mass is 9.94. The molecule has 0 aliphatic rings. The second kappa shape index (κ2) is 7.78. The van der Waals surface area contributed by atoms with Gasteiger partial charge in [0.2, 0.25) is 17.6 Å². The number of aliphatic carboxylic acids is 1. The van der Waals surface area contributed by atoms with Crippen LogP contribution in [0.2, 0.25) is 0 Å². The van der Waals surface area contributed by atoms with Gasteiger partial charge < -0.3 is 19.7 Å². The van der Waals surface area contributed by atoms with E-state index in [9.17, 15) is 9.59 Å². The summed E-state index contributed by atoms with van der Waals surface area (Å²) < 4.78 is 10.2. The van der Waals surface area contributed by atoms with Gasteiger partial charge in [-0.05, 0) is 38.1 Å². The molecule has 0 aliphatic carbocycles. The number of aryl methyl sites for hydroxylation is 1. The number of hydrogen-bond donors (Lipinski definition) is 2. The molecule has 2 aromatic rings. The maximum absolute atomic E-state index is 11.8. The van der Waals surface area contributed by atoms with E-state index in [1.165, 1.54) is 0 Å². The number of carboxylic acids is 1. The van der Waals surface area contributed by atoms with Crippen molar-refractivity contribution in [2.75, 3.05) is 13.7 Å². The number of nitrogens with one attached hydrogen (secondary N) is 1. The van der Waals surface area contributed by atoms with Crippen molar-refractivity contribution in [3.8, 4) is 17.1 Å². The van der Waals surface area contributed by atoms with E-state index in [0.717, 1.165) is 11.3 Å². The van der Waals surface area contributed by atoms with Crippen LogP contribution in [0.1, 0.15) is 26.2 Å². The Labute approximate surface area is 145 Å². The third kappa shape index (κ3) is 5.03. The van der Waals surface area contributed by atoms with E-state index < -0.39 is 11.4 Å². The van der Waals surface area contributed by atoms with Gasteiger partial charge in [-0.15, -0.1) is 0 Å². The van der Waals surface area contributed by atoms with E-state index in [-0.39, 0.29) is 25.3 Å². The molecule has 0 spiro atoms. The molecule has 0 saturated carbocycles. The molecule has 0 saturated heterocycles. The number of methoxy groups -OCH3 is 1. The molecule has 8 nitrogen and oxygen atoms in total. The standard InChI is InChI=1S/C17H21N3O5/c1-17(2,16(22)23)10-18-13(21)8-9-14-19-15(20-25-14)11-4-6-12(24-3)7-5-11/h4-7H,8-10H2,1-3H3,(H,18,21)(H,22,23). The van der Waals surface area contributed by atoms with Crippen LogP contribution in [0, 0.1) is 5.41 Å². The van der Waals surface area contributed by atoms with Gasteiger partial charge in [0.05, 0.1) is 12.5 Å². The minimum Gasteiger partial charge on any atom is -0.497 e. The van der Waals surface area contributed by atoms with Gasteiger partial charge in [-0.1, -0.05) is 5.16 Å². The number of ether oxygens (including phenoxy) is 1. The number of carbonyl (C=O) groups is 2. The Morgan fingerprint density at radius 3 is 2.56 bits per heavy atom. The molecule has 0 atom stereocenters. The minimum absolute atomic E-state index is 0.0576. The van der Waals surface area contributed by atoms with Crippen molar-refractivity contribution in [1.29, 1.82) is 0 Å². The van der Waals surface area contributed by atoms with Crippen LogP contribution in [-0.4, -0.2) is 40.8 Å². The molecular formula is C17H21N3O5. The molecule has 0 radical (unpaired) electrons. The van der Waals surface area contributed by atoms with Crippen molar-refractivity contribution in [1.82, 2.24) is 15.5 Å². The highest BCUT2D eigenvalue weighted by Gasteiger charge is 2.27. The summed E-state index contributed by atoms with van der Waals surface area (Å²) in [6.45, 7) is 3.16. The summed E-state index contributed by atoms with van der Waals surface area (Å²) >= 11 is 0. The molecule has 0 bridgehead atoms. The molecule has 0 fully saturated rings. The second-order valence-electron chi connectivity index (χ2n) is 6.21. The molecule has 8 heteroatoms. The van der Waals surface area contributed by atoms with Crippen LogP contribution in [0.25, 0.3) is 11.4 Å². The van der Waals surface area contributed by atoms with Crippen LogP contribution in [0.15, 0.2) is 28.8 Å². The van der Waals surface area contributed by atoms with Gasteiger partial charge in [0.25, 0.3) is 0 Å². The quantitative estimate of drug-likeness (QED) is 0.749. The first-order chi connectivity index (χ1) is 11.8. The van der Waals surface area contributed by atoms with Crippen LogP contribution in [0.3, 0.4) is 0 Å². The van der Waals surface area contributed by atoms with Gasteiger partial charge >= 0.3 is 5.97 Å². The Hall–Kier alpha value is -2.90. The number of hydrogen-bond acceptors (Lipinski definition) is 6. The molecule has 1 aromatic carbocycles. The zero-order valence-corrected chi connectivity index (χ0v) is 14.4. The average molecular weight is 347 g/mol. The number of aromatic nitrogens is 2. The number of amides is 1. The summed E-state index contributed by atoms with van der Waals surface area (Å²) in [5, 5.41) is 15.5. The third-order valence-corrected chi connectivity index (χ3v) is 3.69. The SMILES string of the molecule is COc1ccc(-c2noc(CCC(=O)NCC(C)(C)C(=O)O)n2)cc1. The van der Waals surface area contributed by atoms with Gasteiger partial charge in [-0.25, -0.2) is 0 Å². The van der Waals surface area contributed by atoms with Crippen LogP contribution < -0.4 is 10.1 Å². The zero-order chi connectivity index (χ0) is 18.4. The molecular weight excluding hydrogens is 326 g/mol. The van der Waals surface area contributed by atoms with E-state index in [4.69, 9.17) is 14.4 Å². The molecule has 0 unspecified atom stereocenters. The van der Waals surface area contributed by atoms with Crippen molar-refractivity contribution in [3.05, 3.63) is 30.2 Å². The fourth-order valence-electron chi connectivity index (χ4n) is 1.92. The summed E-state index contributed by atoms with van der Waals surface area (Å²) in [7, 11) is 1.59. The molecule has 1 aromatic heterocycles. The first-order valence-corrected chi connectivity index (χ1v) is 7.79. The van der Waals surface area contributed by atoms with E-state index in [2.05, 4.69) is 15.5 Å². The molecule has 134 valence electrons. The molecule has 1 amide bonds. The Kier molecular flexibility index (Phi) is 5.74. The number of rotatable bonds is 8. The smallest absolute Gasteiger partial charge is 0.310 e. The van der Waals surface area contributed by atoms with Crippen molar-refractivity contribution >= 4 is 11.9 Å². The van der Waals surface area contributed by atoms with E-state index >= 15 is 0 Å². The van der Waals surface area contributed by atoms with E-state index in [1.807, 2.05) is 12.1 Å². The normalized spacial score (nSPS) is 11.2. The first-order valence-electron chi connectivity index (χ1n) is 7.79. The Balaban J connectivity index is 1.86. The highest BCUT2D eigenvalue weighted by Crippen LogP contribution is 2.20. The van der Waals surface area contributed by atoms with Crippen molar-refractivity contribution in [2.45, 2.75) is 26.7 Å². The summed E-state index contributed by atoms with van der Waals surface area (Å²) in [5.41, 5.74) is -0.231. The predicted octanol–water partition coefficient (Wildman–Crippen LogP) is 1.90. The highest BCUT2D eigenvalue weighted by atomic mass is 16.5. The predicted molar refractivity (Wildman–Crippen MR) is 89.0 cm³/mol. The maximum Gasteiger partial charge on any atom is 0.310 e. The lowest BCUT2D eigenvalue weighted by molar-refractivity contribution is -0.146. The van der Waals surface area contributed by atoms with E-state index in [1.54, 1.807) is 33.1 Å². The summed E-state index contributed by atoms with van der Waals surface area (Å²) in [5.74, 6) is 0.282. The van der Waals surface area contributed by atoms with Gasteiger partial charge in [0.1, 0.15) is 5.75 Å². The summed E-state index contributed by atoms with van der Waals surface area (Å²) in [6, 6.07) is 7.22.